The van der Waals surface area contributed by atoms with Crippen LogP contribution in [-0.4, -0.2) is 49.3 Å². The Hall–Kier alpha value is -4.11. The van der Waals surface area contributed by atoms with Gasteiger partial charge in [0, 0.05) is 39.1 Å². The maximum Gasteiger partial charge on any atom is 0.330 e. The number of nitrogens with one attached hydrogen (secondary N) is 1. The smallest absolute Gasteiger partial charge is 0.330 e. The number of imidazole rings is 2. The van der Waals surface area contributed by atoms with Gasteiger partial charge in [-0.25, -0.2) is 4.79 Å². The second-order valence-electron chi connectivity index (χ2n) is 8.82. The van der Waals surface area contributed by atoms with Crippen molar-refractivity contribution < 1.29 is 5.11 Å². The predicted molar refractivity (Wildman–Crippen MR) is 137 cm³/mol. The van der Waals surface area contributed by atoms with E-state index in [9.17, 15) is 14.7 Å². The highest BCUT2D eigenvalue weighted by Crippen LogP contribution is 2.27. The minimum Gasteiger partial charge on any atom is -0.396 e. The summed E-state index contributed by atoms with van der Waals surface area (Å²) in [5, 5.41) is 9.32. The van der Waals surface area contributed by atoms with Gasteiger partial charge < -0.3 is 14.6 Å². The van der Waals surface area contributed by atoms with Crippen LogP contribution in [0.1, 0.15) is 18.4 Å². The number of aryl methyl sites for hydroxylation is 1. The van der Waals surface area contributed by atoms with Crippen molar-refractivity contribution in [1.29, 1.82) is 0 Å². The molecule has 0 unspecified atom stereocenters. The Bertz CT molecular complexity index is 1590. The predicted octanol–water partition coefficient (Wildman–Crippen LogP) is 2.69. The van der Waals surface area contributed by atoms with Crippen LogP contribution in [0, 0.1) is 0 Å². The van der Waals surface area contributed by atoms with Crippen molar-refractivity contribution in [1.82, 2.24) is 23.5 Å². The number of aromatic amines is 1. The summed E-state index contributed by atoms with van der Waals surface area (Å²) in [7, 11) is 3.99. The van der Waals surface area contributed by atoms with Crippen LogP contribution in [0.4, 0.5) is 5.69 Å². The van der Waals surface area contributed by atoms with Crippen LogP contribution in [0.5, 0.6) is 0 Å². The molecule has 0 spiro atoms. The van der Waals surface area contributed by atoms with E-state index in [0.29, 0.717) is 36.5 Å². The molecule has 0 aliphatic rings. The minimum atomic E-state index is -0.488. The number of unbranched alkanes of at least 4 members (excludes halogenated alkanes) is 1. The number of anilines is 1. The third-order valence-corrected chi connectivity index (χ3v) is 6.25. The maximum atomic E-state index is 12.9. The SMILES string of the molecule is CN(C)c1ccc(-c2cn3c4c(=O)[nH]c(=O)n(Cc5ccccc5)c4nc3n2CCCCO)cc1. The normalized spacial score (nSPS) is 11.5. The lowest BCUT2D eigenvalue weighted by atomic mass is 10.1. The van der Waals surface area contributed by atoms with Gasteiger partial charge in [-0.1, -0.05) is 42.5 Å². The van der Waals surface area contributed by atoms with Crippen molar-refractivity contribution >= 4 is 22.6 Å². The Morgan fingerprint density at radius 3 is 2.40 bits per heavy atom. The zero-order valence-corrected chi connectivity index (χ0v) is 19.8. The van der Waals surface area contributed by atoms with Gasteiger partial charge in [-0.15, -0.1) is 0 Å². The van der Waals surface area contributed by atoms with Crippen LogP contribution >= 0.6 is 0 Å². The van der Waals surface area contributed by atoms with Crippen molar-refractivity contribution in [3.8, 4) is 11.3 Å². The lowest BCUT2D eigenvalue weighted by Crippen LogP contribution is -2.31. The van der Waals surface area contributed by atoms with Crippen LogP contribution in [0.15, 0.2) is 70.4 Å². The molecule has 0 bridgehead atoms. The fourth-order valence-corrected chi connectivity index (χ4v) is 4.42. The zero-order chi connectivity index (χ0) is 24.5. The number of nitrogens with zero attached hydrogens (tertiary/aromatic N) is 5. The first kappa shape index (κ1) is 22.7. The third-order valence-electron chi connectivity index (χ3n) is 6.25. The summed E-state index contributed by atoms with van der Waals surface area (Å²) in [4.78, 5) is 35.0. The Labute approximate surface area is 201 Å². The molecular formula is C26H28N6O3. The molecule has 0 fully saturated rings. The van der Waals surface area contributed by atoms with E-state index < -0.39 is 11.2 Å². The van der Waals surface area contributed by atoms with Crippen molar-refractivity contribution in [2.45, 2.75) is 25.9 Å². The lowest BCUT2D eigenvalue weighted by molar-refractivity contribution is 0.281. The highest BCUT2D eigenvalue weighted by Gasteiger charge is 2.20. The number of aliphatic hydroxyl groups is 1. The van der Waals surface area contributed by atoms with Crippen molar-refractivity contribution in [3.05, 3.63) is 87.2 Å². The van der Waals surface area contributed by atoms with Gasteiger partial charge >= 0.3 is 5.69 Å². The molecule has 0 aliphatic carbocycles. The molecule has 2 aromatic carbocycles. The molecule has 5 aromatic rings. The van der Waals surface area contributed by atoms with Crippen LogP contribution in [-0.2, 0) is 13.1 Å². The van der Waals surface area contributed by atoms with E-state index in [1.165, 1.54) is 4.57 Å². The standard InChI is InChI=1S/C26H28N6O3/c1-29(2)20-12-10-19(11-13-20)21-17-31-22-23(27-25(31)30(21)14-6-7-15-33)32(26(35)28-24(22)34)16-18-8-4-3-5-9-18/h3-5,8-13,17,33H,6-7,14-16H2,1-2H3,(H,28,34,35). The monoisotopic (exact) mass is 472 g/mol. The third kappa shape index (κ3) is 4.15. The molecule has 0 atom stereocenters. The van der Waals surface area contributed by atoms with E-state index in [-0.39, 0.29) is 6.61 Å². The molecule has 0 amide bonds. The Kier molecular flexibility index (Phi) is 6.00. The molecule has 0 radical (unpaired) electrons. The first-order valence-corrected chi connectivity index (χ1v) is 11.6. The second kappa shape index (κ2) is 9.27. The number of aliphatic hydroxyl groups excluding tert-OH is 1. The lowest BCUT2D eigenvalue weighted by Gasteiger charge is -2.13. The minimum absolute atomic E-state index is 0.108. The van der Waals surface area contributed by atoms with Crippen LogP contribution in [0.3, 0.4) is 0 Å². The molecule has 35 heavy (non-hydrogen) atoms. The molecule has 9 nitrogen and oxygen atoms in total. The summed E-state index contributed by atoms with van der Waals surface area (Å²) in [6.07, 6.45) is 3.31. The number of aromatic nitrogens is 5. The number of benzene rings is 2. The Morgan fingerprint density at radius 1 is 0.971 bits per heavy atom. The molecule has 3 aromatic heterocycles. The number of H-pyrrole nitrogens is 1. The van der Waals surface area contributed by atoms with Crippen LogP contribution in [0.2, 0.25) is 0 Å². The summed E-state index contributed by atoms with van der Waals surface area (Å²) in [5.74, 6) is 0.586. The van der Waals surface area contributed by atoms with Gasteiger partial charge in [0.15, 0.2) is 11.2 Å². The van der Waals surface area contributed by atoms with Gasteiger partial charge in [-0.3, -0.25) is 18.7 Å². The summed E-state index contributed by atoms with van der Waals surface area (Å²) < 4.78 is 5.32. The highest BCUT2D eigenvalue weighted by molar-refractivity contribution is 5.78. The number of rotatable bonds is 8. The van der Waals surface area contributed by atoms with E-state index in [4.69, 9.17) is 4.98 Å². The zero-order valence-electron chi connectivity index (χ0n) is 19.8. The fourth-order valence-electron chi connectivity index (χ4n) is 4.42. The molecule has 9 heteroatoms. The largest absolute Gasteiger partial charge is 0.396 e. The van der Waals surface area contributed by atoms with Gasteiger partial charge in [0.2, 0.25) is 5.78 Å². The number of hydrogen-bond donors (Lipinski definition) is 2. The molecule has 0 saturated heterocycles. The van der Waals surface area contributed by atoms with E-state index >= 15 is 0 Å². The summed E-state index contributed by atoms with van der Waals surface area (Å²) in [6.45, 7) is 1.03. The average molecular weight is 473 g/mol. The van der Waals surface area contributed by atoms with E-state index in [1.807, 2.05) is 79.8 Å². The molecule has 0 saturated carbocycles. The Morgan fingerprint density at radius 2 is 1.71 bits per heavy atom. The topological polar surface area (TPSA) is 101 Å². The molecule has 2 N–H and O–H groups in total. The van der Waals surface area contributed by atoms with E-state index in [1.54, 1.807) is 4.40 Å². The first-order valence-electron chi connectivity index (χ1n) is 11.6. The highest BCUT2D eigenvalue weighted by atomic mass is 16.3. The van der Waals surface area contributed by atoms with Crippen molar-refractivity contribution in [2.75, 3.05) is 25.6 Å². The van der Waals surface area contributed by atoms with Crippen LogP contribution < -0.4 is 16.1 Å². The fraction of sp³-hybridized carbons (Fsp3) is 0.269. The molecule has 3 heterocycles. The summed E-state index contributed by atoms with van der Waals surface area (Å²) >= 11 is 0. The molecule has 180 valence electrons. The summed E-state index contributed by atoms with van der Waals surface area (Å²) in [6, 6.07) is 17.8. The van der Waals surface area contributed by atoms with Crippen molar-refractivity contribution in [2.24, 2.45) is 0 Å². The van der Waals surface area contributed by atoms with Gasteiger partial charge in [0.1, 0.15) is 0 Å². The number of fused-ring (bicyclic) bond motifs is 3. The first-order chi connectivity index (χ1) is 17.0. The number of hydrogen-bond acceptors (Lipinski definition) is 5. The summed E-state index contributed by atoms with van der Waals surface area (Å²) in [5.41, 5.74) is 3.66. The van der Waals surface area contributed by atoms with E-state index in [2.05, 4.69) is 9.55 Å². The van der Waals surface area contributed by atoms with Gasteiger partial charge in [-0.05, 0) is 36.1 Å². The van der Waals surface area contributed by atoms with Crippen LogP contribution in [0.25, 0.3) is 28.2 Å². The van der Waals surface area contributed by atoms with Gasteiger partial charge in [0.05, 0.1) is 12.2 Å². The molecule has 0 aliphatic heterocycles. The Balaban J connectivity index is 1.71. The van der Waals surface area contributed by atoms with Gasteiger partial charge in [-0.2, -0.15) is 4.98 Å². The average Bonchev–Trinajstić information content (AvgIpc) is 3.39. The second-order valence-corrected chi connectivity index (χ2v) is 8.82. The molecular weight excluding hydrogens is 444 g/mol. The molecule has 5 rings (SSSR count). The van der Waals surface area contributed by atoms with Crippen molar-refractivity contribution in [3.63, 3.8) is 0 Å². The maximum absolute atomic E-state index is 12.9. The van der Waals surface area contributed by atoms with E-state index in [0.717, 1.165) is 28.9 Å². The van der Waals surface area contributed by atoms with Gasteiger partial charge in [0.25, 0.3) is 5.56 Å². The quantitative estimate of drug-likeness (QED) is 0.338.